The maximum atomic E-state index is 11.9. The van der Waals surface area contributed by atoms with Crippen LogP contribution < -0.4 is 9.47 Å². The lowest BCUT2D eigenvalue weighted by Crippen LogP contribution is -2.16. The van der Waals surface area contributed by atoms with Gasteiger partial charge in [0, 0.05) is 12.8 Å². The van der Waals surface area contributed by atoms with E-state index in [2.05, 4.69) is 6.92 Å². The fraction of sp³-hybridized carbons (Fsp3) is 0.632. The van der Waals surface area contributed by atoms with Gasteiger partial charge in [0.25, 0.3) is 0 Å². The van der Waals surface area contributed by atoms with Crippen molar-refractivity contribution in [3.63, 3.8) is 0 Å². The van der Waals surface area contributed by atoms with E-state index in [4.69, 9.17) is 9.47 Å². The van der Waals surface area contributed by atoms with Crippen molar-refractivity contribution in [2.45, 2.75) is 64.4 Å². The van der Waals surface area contributed by atoms with Crippen LogP contribution in [0.5, 0.6) is 11.5 Å². The highest BCUT2D eigenvalue weighted by atomic mass is 16.5. The second-order valence-corrected chi connectivity index (χ2v) is 5.95. The summed E-state index contributed by atoms with van der Waals surface area (Å²) < 4.78 is 10.4. The number of Topliss-reactive ketones (excluding diaryl/α,β-unsaturated/α-hetero) is 1. The second-order valence-electron chi connectivity index (χ2n) is 5.95. The SMILES string of the molecule is CCCCCCCC(=O)CC(O)Cc1ccc(OC)c(OC)c1. The molecule has 23 heavy (non-hydrogen) atoms. The van der Waals surface area contributed by atoms with Crippen molar-refractivity contribution < 1.29 is 19.4 Å². The van der Waals surface area contributed by atoms with Crippen LogP contribution in [0.2, 0.25) is 0 Å². The smallest absolute Gasteiger partial charge is 0.160 e. The minimum absolute atomic E-state index is 0.148. The minimum atomic E-state index is -0.642. The standard InChI is InChI=1S/C19H30O4/c1-4-5-6-7-8-9-16(20)14-17(21)12-15-10-11-18(22-2)19(13-15)23-3/h10-11,13,17,21H,4-9,12,14H2,1-3H3. The van der Waals surface area contributed by atoms with Gasteiger partial charge >= 0.3 is 0 Å². The van der Waals surface area contributed by atoms with Crippen LogP contribution in [0.1, 0.15) is 57.4 Å². The molecule has 0 fully saturated rings. The Morgan fingerprint density at radius 2 is 1.78 bits per heavy atom. The second kappa shape index (κ2) is 11.1. The number of carbonyl (C=O) groups excluding carboxylic acids is 1. The summed E-state index contributed by atoms with van der Waals surface area (Å²) in [6, 6.07) is 5.55. The molecule has 0 saturated heterocycles. The molecule has 1 unspecified atom stereocenters. The van der Waals surface area contributed by atoms with E-state index < -0.39 is 6.10 Å². The quantitative estimate of drug-likeness (QED) is 0.592. The number of hydrogen-bond donors (Lipinski definition) is 1. The molecule has 4 nitrogen and oxygen atoms in total. The number of aliphatic hydroxyl groups excluding tert-OH is 1. The molecular weight excluding hydrogens is 292 g/mol. The molecule has 0 aliphatic rings. The van der Waals surface area contributed by atoms with Gasteiger partial charge in [-0.3, -0.25) is 4.79 Å². The number of ketones is 1. The summed E-state index contributed by atoms with van der Waals surface area (Å²) in [4.78, 5) is 11.9. The van der Waals surface area contributed by atoms with E-state index in [0.29, 0.717) is 24.3 Å². The highest BCUT2D eigenvalue weighted by molar-refractivity contribution is 5.78. The third-order valence-electron chi connectivity index (χ3n) is 3.94. The van der Waals surface area contributed by atoms with Crippen LogP contribution in [0, 0.1) is 0 Å². The van der Waals surface area contributed by atoms with Crippen molar-refractivity contribution in [3.8, 4) is 11.5 Å². The number of hydrogen-bond acceptors (Lipinski definition) is 4. The van der Waals surface area contributed by atoms with E-state index >= 15 is 0 Å². The normalized spacial score (nSPS) is 12.0. The average molecular weight is 322 g/mol. The zero-order valence-electron chi connectivity index (χ0n) is 14.6. The lowest BCUT2D eigenvalue weighted by Gasteiger charge is -2.13. The zero-order valence-corrected chi connectivity index (χ0v) is 14.6. The van der Waals surface area contributed by atoms with Crippen molar-refractivity contribution in [2.75, 3.05) is 14.2 Å². The lowest BCUT2D eigenvalue weighted by molar-refractivity contribution is -0.121. The van der Waals surface area contributed by atoms with Gasteiger partial charge in [-0.05, 0) is 30.5 Å². The molecule has 0 radical (unpaired) electrons. The minimum Gasteiger partial charge on any atom is -0.493 e. The summed E-state index contributed by atoms with van der Waals surface area (Å²) in [6.07, 6.45) is 6.27. The Morgan fingerprint density at radius 3 is 2.43 bits per heavy atom. The predicted octanol–water partition coefficient (Wildman–Crippen LogP) is 3.93. The van der Waals surface area contributed by atoms with Crippen LogP contribution in [-0.4, -0.2) is 31.2 Å². The summed E-state index contributed by atoms with van der Waals surface area (Å²) >= 11 is 0. The van der Waals surface area contributed by atoms with Gasteiger partial charge in [0.05, 0.1) is 20.3 Å². The number of ether oxygens (including phenoxy) is 2. The van der Waals surface area contributed by atoms with Crippen molar-refractivity contribution in [3.05, 3.63) is 23.8 Å². The van der Waals surface area contributed by atoms with Crippen LogP contribution in [0.15, 0.2) is 18.2 Å². The summed E-state index contributed by atoms with van der Waals surface area (Å²) in [5, 5.41) is 10.1. The first-order valence-electron chi connectivity index (χ1n) is 8.51. The van der Waals surface area contributed by atoms with E-state index in [1.165, 1.54) is 19.3 Å². The Bertz CT molecular complexity index is 470. The van der Waals surface area contributed by atoms with Gasteiger partial charge < -0.3 is 14.6 Å². The van der Waals surface area contributed by atoms with Crippen molar-refractivity contribution >= 4 is 5.78 Å². The Balaban J connectivity index is 2.38. The van der Waals surface area contributed by atoms with Crippen LogP contribution >= 0.6 is 0 Å². The van der Waals surface area contributed by atoms with Gasteiger partial charge in [-0.25, -0.2) is 0 Å². The molecule has 1 N–H and O–H groups in total. The monoisotopic (exact) mass is 322 g/mol. The molecule has 0 bridgehead atoms. The van der Waals surface area contributed by atoms with Gasteiger partial charge in [0.1, 0.15) is 5.78 Å². The van der Waals surface area contributed by atoms with Crippen LogP contribution in [0.4, 0.5) is 0 Å². The number of carbonyl (C=O) groups is 1. The zero-order chi connectivity index (χ0) is 17.1. The maximum Gasteiger partial charge on any atom is 0.160 e. The first kappa shape index (κ1) is 19.5. The van der Waals surface area contributed by atoms with E-state index in [0.717, 1.165) is 18.4 Å². The van der Waals surface area contributed by atoms with Crippen LogP contribution in [0.3, 0.4) is 0 Å². The highest BCUT2D eigenvalue weighted by Gasteiger charge is 2.13. The fourth-order valence-corrected chi connectivity index (χ4v) is 2.64. The molecule has 1 aromatic rings. The third-order valence-corrected chi connectivity index (χ3v) is 3.94. The highest BCUT2D eigenvalue weighted by Crippen LogP contribution is 2.28. The first-order valence-corrected chi connectivity index (χ1v) is 8.51. The van der Waals surface area contributed by atoms with Crippen molar-refractivity contribution in [2.24, 2.45) is 0 Å². The van der Waals surface area contributed by atoms with Gasteiger partial charge in [-0.15, -0.1) is 0 Å². The van der Waals surface area contributed by atoms with E-state index in [1.807, 2.05) is 18.2 Å². The summed E-state index contributed by atoms with van der Waals surface area (Å²) in [7, 11) is 3.17. The predicted molar refractivity (Wildman–Crippen MR) is 92.3 cm³/mol. The average Bonchev–Trinajstić information content (AvgIpc) is 2.54. The topological polar surface area (TPSA) is 55.8 Å². The number of benzene rings is 1. The summed E-state index contributed by atoms with van der Waals surface area (Å²) in [6.45, 7) is 2.18. The number of unbranched alkanes of at least 4 members (excludes halogenated alkanes) is 4. The molecule has 130 valence electrons. The Labute approximate surface area is 139 Å². The molecule has 1 atom stereocenters. The molecule has 0 aliphatic carbocycles. The Hall–Kier alpha value is -1.55. The molecule has 1 rings (SSSR count). The van der Waals surface area contributed by atoms with E-state index in [9.17, 15) is 9.90 Å². The molecule has 0 aromatic heterocycles. The van der Waals surface area contributed by atoms with Gasteiger partial charge in [0.15, 0.2) is 11.5 Å². The Morgan fingerprint density at radius 1 is 1.09 bits per heavy atom. The van der Waals surface area contributed by atoms with Gasteiger partial charge in [0.2, 0.25) is 0 Å². The fourth-order valence-electron chi connectivity index (χ4n) is 2.64. The molecular formula is C19H30O4. The third kappa shape index (κ3) is 7.51. The lowest BCUT2D eigenvalue weighted by atomic mass is 10.0. The van der Waals surface area contributed by atoms with Gasteiger partial charge in [-0.2, -0.15) is 0 Å². The Kier molecular flexibility index (Phi) is 9.37. The van der Waals surface area contributed by atoms with Crippen LogP contribution in [-0.2, 0) is 11.2 Å². The number of aliphatic hydroxyl groups is 1. The molecule has 0 heterocycles. The molecule has 4 heteroatoms. The maximum absolute atomic E-state index is 11.9. The van der Waals surface area contributed by atoms with E-state index in [1.54, 1.807) is 14.2 Å². The molecule has 0 amide bonds. The summed E-state index contributed by atoms with van der Waals surface area (Å²) in [5.41, 5.74) is 0.936. The number of methoxy groups -OCH3 is 2. The summed E-state index contributed by atoms with van der Waals surface area (Å²) in [5.74, 6) is 1.45. The first-order chi connectivity index (χ1) is 11.1. The molecule has 0 spiro atoms. The van der Waals surface area contributed by atoms with E-state index in [-0.39, 0.29) is 12.2 Å². The molecule has 0 saturated carbocycles. The number of rotatable bonds is 12. The van der Waals surface area contributed by atoms with Crippen molar-refractivity contribution in [1.29, 1.82) is 0 Å². The van der Waals surface area contributed by atoms with Crippen LogP contribution in [0.25, 0.3) is 0 Å². The van der Waals surface area contributed by atoms with Gasteiger partial charge in [-0.1, -0.05) is 38.7 Å². The molecule has 0 aliphatic heterocycles. The largest absolute Gasteiger partial charge is 0.493 e. The van der Waals surface area contributed by atoms with Crippen molar-refractivity contribution in [1.82, 2.24) is 0 Å². The molecule has 1 aromatic carbocycles.